The van der Waals surface area contributed by atoms with Crippen LogP contribution in [0.25, 0.3) is 11.2 Å². The summed E-state index contributed by atoms with van der Waals surface area (Å²) in [6, 6.07) is 0.339. The van der Waals surface area contributed by atoms with Gasteiger partial charge in [-0.15, -0.1) is 0 Å². The molecule has 1 aliphatic carbocycles. The van der Waals surface area contributed by atoms with Crippen molar-refractivity contribution in [2.75, 3.05) is 7.05 Å². The number of imidazole rings is 1. The summed E-state index contributed by atoms with van der Waals surface area (Å²) < 4.78 is 4.07. The predicted octanol–water partition coefficient (Wildman–Crippen LogP) is 0.225. The van der Waals surface area contributed by atoms with Crippen LogP contribution in [0.5, 0.6) is 0 Å². The number of nitrogens with zero attached hydrogens (tertiary/aromatic N) is 5. The zero-order chi connectivity index (χ0) is 17.4. The van der Waals surface area contributed by atoms with Crippen molar-refractivity contribution in [1.29, 1.82) is 0 Å². The Morgan fingerprint density at radius 1 is 1.25 bits per heavy atom. The van der Waals surface area contributed by atoms with Crippen molar-refractivity contribution in [3.05, 3.63) is 27.2 Å². The molecule has 8 nitrogen and oxygen atoms in total. The first-order valence-electron chi connectivity index (χ1n) is 8.28. The Hall–Kier alpha value is -2.38. The SMILES string of the molecule is CN(C(=O)CCn1cnc2c1c(=O)n(C)c(=O)n2C)C1CCCC1. The zero-order valence-electron chi connectivity index (χ0n) is 14.4. The Balaban J connectivity index is 1.82. The molecule has 1 fully saturated rings. The number of rotatable bonds is 4. The number of hydrogen-bond donors (Lipinski definition) is 0. The topological polar surface area (TPSA) is 82.1 Å². The van der Waals surface area contributed by atoms with Crippen LogP contribution in [0.1, 0.15) is 32.1 Å². The largest absolute Gasteiger partial charge is 0.343 e. The summed E-state index contributed by atoms with van der Waals surface area (Å²) in [5.41, 5.74) is -0.0902. The molecule has 0 unspecified atom stereocenters. The van der Waals surface area contributed by atoms with Crippen LogP contribution in [0, 0.1) is 0 Å². The third-order valence-corrected chi connectivity index (χ3v) is 5.05. The molecule has 0 bridgehead atoms. The highest BCUT2D eigenvalue weighted by Crippen LogP contribution is 2.22. The molecule has 130 valence electrons. The van der Waals surface area contributed by atoms with Crippen molar-refractivity contribution in [2.24, 2.45) is 14.1 Å². The number of carbonyl (C=O) groups is 1. The summed E-state index contributed by atoms with van der Waals surface area (Å²) in [6.45, 7) is 0.375. The Morgan fingerprint density at radius 3 is 2.58 bits per heavy atom. The van der Waals surface area contributed by atoms with Gasteiger partial charge in [0.25, 0.3) is 5.56 Å². The molecular weight excluding hydrogens is 310 g/mol. The van der Waals surface area contributed by atoms with Crippen molar-refractivity contribution in [2.45, 2.75) is 44.7 Å². The maximum absolute atomic E-state index is 12.4. The quantitative estimate of drug-likeness (QED) is 0.802. The minimum absolute atomic E-state index is 0.0744. The number of aryl methyl sites for hydroxylation is 2. The van der Waals surface area contributed by atoms with Gasteiger partial charge in [-0.2, -0.15) is 0 Å². The second-order valence-corrected chi connectivity index (χ2v) is 6.51. The molecule has 2 heterocycles. The third kappa shape index (κ3) is 2.65. The molecule has 2 aromatic heterocycles. The molecule has 3 rings (SSSR count). The maximum Gasteiger partial charge on any atom is 0.332 e. The second-order valence-electron chi connectivity index (χ2n) is 6.51. The molecule has 8 heteroatoms. The van der Waals surface area contributed by atoms with Crippen molar-refractivity contribution >= 4 is 17.1 Å². The molecule has 0 radical (unpaired) electrons. The van der Waals surface area contributed by atoms with E-state index < -0.39 is 5.69 Å². The van der Waals surface area contributed by atoms with Gasteiger partial charge in [-0.1, -0.05) is 12.8 Å². The maximum atomic E-state index is 12.4. The molecule has 0 aromatic carbocycles. The van der Waals surface area contributed by atoms with Crippen LogP contribution >= 0.6 is 0 Å². The van der Waals surface area contributed by atoms with Gasteiger partial charge in [0.2, 0.25) is 5.91 Å². The van der Waals surface area contributed by atoms with Crippen LogP contribution in [-0.2, 0) is 25.4 Å². The number of fused-ring (bicyclic) bond motifs is 1. The number of hydrogen-bond acceptors (Lipinski definition) is 4. The van der Waals surface area contributed by atoms with Crippen molar-refractivity contribution in [3.8, 4) is 0 Å². The Morgan fingerprint density at radius 2 is 1.92 bits per heavy atom. The Kier molecular flexibility index (Phi) is 4.29. The van der Waals surface area contributed by atoms with E-state index in [1.54, 1.807) is 11.6 Å². The van der Waals surface area contributed by atoms with Crippen LogP contribution in [0.2, 0.25) is 0 Å². The lowest BCUT2D eigenvalue weighted by atomic mass is 10.2. The van der Waals surface area contributed by atoms with Gasteiger partial charge in [-0.3, -0.25) is 18.7 Å². The van der Waals surface area contributed by atoms with Crippen molar-refractivity contribution < 1.29 is 4.79 Å². The Bertz CT molecular complexity index is 885. The highest BCUT2D eigenvalue weighted by molar-refractivity contribution is 5.76. The van der Waals surface area contributed by atoms with Crippen LogP contribution in [-0.4, -0.2) is 42.6 Å². The third-order valence-electron chi connectivity index (χ3n) is 5.05. The molecule has 0 saturated heterocycles. The van der Waals surface area contributed by atoms with Crippen molar-refractivity contribution in [3.63, 3.8) is 0 Å². The smallest absolute Gasteiger partial charge is 0.332 e. The summed E-state index contributed by atoms with van der Waals surface area (Å²) in [7, 11) is 4.88. The van der Waals surface area contributed by atoms with Gasteiger partial charge in [-0.05, 0) is 12.8 Å². The molecule has 0 atom stereocenters. The lowest BCUT2D eigenvalue weighted by Gasteiger charge is -2.24. The van der Waals surface area contributed by atoms with Crippen LogP contribution in [0.15, 0.2) is 15.9 Å². The molecule has 24 heavy (non-hydrogen) atoms. The monoisotopic (exact) mass is 333 g/mol. The minimum Gasteiger partial charge on any atom is -0.343 e. The lowest BCUT2D eigenvalue weighted by molar-refractivity contribution is -0.132. The van der Waals surface area contributed by atoms with Crippen LogP contribution in [0.3, 0.4) is 0 Å². The van der Waals surface area contributed by atoms with Gasteiger partial charge in [0, 0.05) is 40.2 Å². The fraction of sp³-hybridized carbons (Fsp3) is 0.625. The van der Waals surface area contributed by atoms with E-state index in [0.29, 0.717) is 30.2 Å². The molecule has 1 amide bonds. The molecule has 0 aliphatic heterocycles. The summed E-state index contributed by atoms with van der Waals surface area (Å²) >= 11 is 0. The summed E-state index contributed by atoms with van der Waals surface area (Å²) in [4.78, 5) is 42.7. The van der Waals surface area contributed by atoms with E-state index in [0.717, 1.165) is 17.4 Å². The second kappa shape index (κ2) is 6.26. The van der Waals surface area contributed by atoms with Gasteiger partial charge in [-0.25, -0.2) is 9.78 Å². The van der Waals surface area contributed by atoms with Crippen LogP contribution < -0.4 is 11.2 Å². The fourth-order valence-corrected chi connectivity index (χ4v) is 3.45. The van der Waals surface area contributed by atoms with E-state index in [1.807, 2.05) is 11.9 Å². The van der Waals surface area contributed by atoms with E-state index in [-0.39, 0.29) is 11.5 Å². The number of amides is 1. The van der Waals surface area contributed by atoms with E-state index in [1.165, 1.54) is 30.8 Å². The Labute approximate surface area is 139 Å². The average Bonchev–Trinajstić information content (AvgIpc) is 3.24. The van der Waals surface area contributed by atoms with E-state index >= 15 is 0 Å². The lowest BCUT2D eigenvalue weighted by Crippen LogP contribution is -2.38. The minimum atomic E-state index is -0.408. The number of aromatic nitrogens is 4. The fourth-order valence-electron chi connectivity index (χ4n) is 3.45. The molecular formula is C16H23N5O3. The molecule has 1 aliphatic rings. The highest BCUT2D eigenvalue weighted by Gasteiger charge is 2.23. The zero-order valence-corrected chi connectivity index (χ0v) is 14.4. The van der Waals surface area contributed by atoms with Crippen LogP contribution in [0.4, 0.5) is 0 Å². The summed E-state index contributed by atoms with van der Waals surface area (Å²) in [6.07, 6.45) is 6.33. The van der Waals surface area contributed by atoms with Gasteiger partial charge >= 0.3 is 5.69 Å². The van der Waals surface area contributed by atoms with Gasteiger partial charge in [0.15, 0.2) is 11.2 Å². The molecule has 0 spiro atoms. The molecule has 1 saturated carbocycles. The van der Waals surface area contributed by atoms with Crippen molar-refractivity contribution in [1.82, 2.24) is 23.6 Å². The average molecular weight is 333 g/mol. The van der Waals surface area contributed by atoms with Gasteiger partial charge in [0.05, 0.1) is 6.33 Å². The van der Waals surface area contributed by atoms with E-state index in [4.69, 9.17) is 0 Å². The summed E-state index contributed by atoms with van der Waals surface area (Å²) in [5, 5.41) is 0. The predicted molar refractivity (Wildman–Crippen MR) is 89.9 cm³/mol. The normalized spacial score (nSPS) is 15.3. The van der Waals surface area contributed by atoms with E-state index in [2.05, 4.69) is 4.98 Å². The molecule has 2 aromatic rings. The standard InChI is InChI=1S/C16H23N5O3/c1-18(11-6-4-5-7-11)12(22)8-9-21-10-17-14-13(21)15(23)20(3)16(24)19(14)2/h10-11H,4-9H2,1-3H3. The highest BCUT2D eigenvalue weighted by atomic mass is 16.2. The van der Waals surface area contributed by atoms with E-state index in [9.17, 15) is 14.4 Å². The number of carbonyl (C=O) groups excluding carboxylic acids is 1. The first-order chi connectivity index (χ1) is 11.4. The first-order valence-corrected chi connectivity index (χ1v) is 8.28. The summed E-state index contributed by atoms with van der Waals surface area (Å²) in [5.74, 6) is 0.0744. The van der Waals surface area contributed by atoms with Gasteiger partial charge in [0.1, 0.15) is 0 Å². The first kappa shape index (κ1) is 16.5. The molecule has 0 N–H and O–H groups in total. The van der Waals surface area contributed by atoms with Gasteiger partial charge < -0.3 is 9.47 Å².